The minimum absolute atomic E-state index is 0.0531. The standard InChI is InChI=1S/C46H43Cl2N5O5S/c1-24-31-19-27(48)10-14-37(31)59-41(24)35-22-38(50(3)49-35)53-43(56)34-21-32-29(40(46(34,2)45(53)58)33-20-26(47)9-13-36(33)54)11-12-30-39(32)44(57)52(42(30)55)28-15-17-51(18-16-28)23-25-7-5-4-6-8-25/h4-11,13-14,19-20,22,28,30,32,34,39-40,54H,12,15-18,21,23H2,1-3H3. The molecule has 6 unspecified atom stereocenters. The Hall–Kier alpha value is -4.81. The number of hydrogen-bond acceptors (Lipinski definition) is 8. The van der Waals surface area contributed by atoms with Gasteiger partial charge in [0.25, 0.3) is 0 Å². The first kappa shape index (κ1) is 38.4. The second-order valence-electron chi connectivity index (χ2n) is 17.1. The van der Waals surface area contributed by atoms with Gasteiger partial charge in [0.2, 0.25) is 23.6 Å². The molecule has 2 aromatic heterocycles. The number of carbonyl (C=O) groups excluding carboxylic acids is 4. The lowest BCUT2D eigenvalue weighted by atomic mass is 9.51. The van der Waals surface area contributed by atoms with Crippen molar-refractivity contribution >= 4 is 74.1 Å². The first-order valence-electron chi connectivity index (χ1n) is 20.3. The van der Waals surface area contributed by atoms with Crippen molar-refractivity contribution in [2.75, 3.05) is 18.0 Å². The summed E-state index contributed by atoms with van der Waals surface area (Å²) >= 11 is 14.5. The second-order valence-corrected chi connectivity index (χ2v) is 19.0. The first-order valence-corrected chi connectivity index (χ1v) is 21.8. The normalized spacial score (nSPS) is 27.4. The lowest BCUT2D eigenvalue weighted by Gasteiger charge is -2.49. The Morgan fingerprint density at radius 3 is 2.39 bits per heavy atom. The van der Waals surface area contributed by atoms with Crippen molar-refractivity contribution < 1.29 is 24.3 Å². The number of aromatic nitrogens is 2. The predicted octanol–water partition coefficient (Wildman–Crippen LogP) is 8.52. The Bertz CT molecular complexity index is 2630. The van der Waals surface area contributed by atoms with E-state index in [1.807, 2.05) is 49.4 Å². The Morgan fingerprint density at radius 2 is 1.63 bits per heavy atom. The Kier molecular flexibility index (Phi) is 9.21. The molecule has 1 N–H and O–H groups in total. The topological polar surface area (TPSA) is 116 Å². The number of allylic oxidation sites excluding steroid dienone is 2. The molecule has 4 fully saturated rings. The Labute approximate surface area is 356 Å². The van der Waals surface area contributed by atoms with Crippen molar-refractivity contribution in [3.05, 3.63) is 111 Å². The van der Waals surface area contributed by atoms with Gasteiger partial charge in [0.15, 0.2) is 0 Å². The number of phenols is 1. The zero-order valence-electron chi connectivity index (χ0n) is 32.9. The van der Waals surface area contributed by atoms with E-state index < -0.39 is 40.9 Å². The molecule has 2 aliphatic carbocycles. The molecule has 3 aliphatic heterocycles. The summed E-state index contributed by atoms with van der Waals surface area (Å²) in [5.41, 5.74) is 2.74. The van der Waals surface area contributed by atoms with Gasteiger partial charge in [0.05, 0.1) is 28.0 Å². The van der Waals surface area contributed by atoms with Gasteiger partial charge in [0, 0.05) is 65.0 Å². The predicted molar refractivity (Wildman–Crippen MR) is 228 cm³/mol. The van der Waals surface area contributed by atoms with Crippen LogP contribution in [0.25, 0.3) is 20.7 Å². The highest BCUT2D eigenvalue weighted by Gasteiger charge is 2.68. The zero-order valence-corrected chi connectivity index (χ0v) is 35.2. The number of likely N-dealkylation sites (tertiary alicyclic amines) is 2. The highest BCUT2D eigenvalue weighted by atomic mass is 35.5. The SMILES string of the molecule is Cc1c(-c2cc(N3C(=O)C4CC5C(=CCC6C(=O)N(C7CCN(Cc8ccccc8)CC7)C(=O)C65)C(c5cc(Cl)ccc5O)C4(C)C3=O)n(C)n2)sc2ccc(Cl)cc12. The van der Waals surface area contributed by atoms with Gasteiger partial charge < -0.3 is 5.11 Å². The molecule has 4 amide bonds. The van der Waals surface area contributed by atoms with E-state index in [-0.39, 0.29) is 35.9 Å². The van der Waals surface area contributed by atoms with Crippen molar-refractivity contribution in [3.8, 4) is 16.3 Å². The number of phenolic OH excluding ortho intramolecular Hbond substituents is 1. The number of nitrogens with zero attached hydrogens (tertiary/aromatic N) is 5. The van der Waals surface area contributed by atoms with Gasteiger partial charge in [0.1, 0.15) is 17.3 Å². The summed E-state index contributed by atoms with van der Waals surface area (Å²) in [4.78, 5) is 65.3. The number of anilines is 1. The van der Waals surface area contributed by atoms with Crippen LogP contribution in [-0.2, 0) is 32.8 Å². The van der Waals surface area contributed by atoms with Crippen LogP contribution in [-0.4, -0.2) is 67.4 Å². The molecule has 5 aliphatic rings. The first-order chi connectivity index (χ1) is 28.3. The van der Waals surface area contributed by atoms with Crippen molar-refractivity contribution in [2.45, 2.75) is 58.0 Å². The number of carbonyl (C=O) groups is 4. The van der Waals surface area contributed by atoms with Gasteiger partial charge in [-0.15, -0.1) is 11.3 Å². The van der Waals surface area contributed by atoms with Gasteiger partial charge >= 0.3 is 0 Å². The largest absolute Gasteiger partial charge is 0.508 e. The molecule has 0 spiro atoms. The fourth-order valence-corrected chi connectivity index (χ4v) is 12.6. The number of piperidine rings is 1. The Balaban J connectivity index is 0.997. The van der Waals surface area contributed by atoms with Crippen LogP contribution in [0.1, 0.15) is 55.2 Å². The van der Waals surface area contributed by atoms with E-state index in [2.05, 4.69) is 17.0 Å². The number of fused-ring (bicyclic) bond motifs is 5. The fourth-order valence-electron chi connectivity index (χ4n) is 11.1. The van der Waals surface area contributed by atoms with E-state index in [4.69, 9.17) is 28.3 Å². The third kappa shape index (κ3) is 5.86. The summed E-state index contributed by atoms with van der Waals surface area (Å²) in [6.45, 7) is 6.18. The molecule has 3 aromatic carbocycles. The van der Waals surface area contributed by atoms with E-state index in [1.54, 1.807) is 53.1 Å². The molecule has 59 heavy (non-hydrogen) atoms. The lowest BCUT2D eigenvalue weighted by Crippen LogP contribution is -2.49. The van der Waals surface area contributed by atoms with Crippen LogP contribution in [0.4, 0.5) is 5.82 Å². The van der Waals surface area contributed by atoms with Gasteiger partial charge in [-0.05, 0) is 98.4 Å². The van der Waals surface area contributed by atoms with Crippen LogP contribution in [0.15, 0.2) is 84.4 Å². The van der Waals surface area contributed by atoms with Crippen molar-refractivity contribution in [1.82, 2.24) is 19.6 Å². The maximum Gasteiger partial charge on any atom is 0.242 e. The fraction of sp³-hybridized carbons (Fsp3) is 0.370. The smallest absolute Gasteiger partial charge is 0.242 e. The number of aryl methyl sites for hydroxylation is 2. The summed E-state index contributed by atoms with van der Waals surface area (Å²) in [6.07, 6.45) is 3.94. The van der Waals surface area contributed by atoms with Crippen molar-refractivity contribution in [3.63, 3.8) is 0 Å². The molecule has 10 rings (SSSR count). The summed E-state index contributed by atoms with van der Waals surface area (Å²) < 4.78 is 2.62. The molecule has 6 atom stereocenters. The van der Waals surface area contributed by atoms with E-state index in [0.717, 1.165) is 45.7 Å². The number of imide groups is 2. The summed E-state index contributed by atoms with van der Waals surface area (Å²) in [5.74, 6) is -4.24. The zero-order chi connectivity index (χ0) is 41.1. The minimum Gasteiger partial charge on any atom is -0.508 e. The highest BCUT2D eigenvalue weighted by molar-refractivity contribution is 7.22. The van der Waals surface area contributed by atoms with Crippen molar-refractivity contribution in [1.29, 1.82) is 0 Å². The molecule has 0 bridgehead atoms. The highest BCUT2D eigenvalue weighted by Crippen LogP contribution is 2.64. The molecule has 5 aromatic rings. The molecule has 5 heterocycles. The van der Waals surface area contributed by atoms with Crippen molar-refractivity contribution in [2.24, 2.45) is 36.1 Å². The lowest BCUT2D eigenvalue weighted by molar-refractivity contribution is -0.144. The van der Waals surface area contributed by atoms with Gasteiger partial charge in [-0.1, -0.05) is 65.2 Å². The average Bonchev–Trinajstić information content (AvgIpc) is 3.89. The molecule has 13 heteroatoms. The van der Waals surface area contributed by atoms with Crippen LogP contribution in [0.5, 0.6) is 5.75 Å². The third-order valence-corrected chi connectivity index (χ3v) is 15.8. The summed E-state index contributed by atoms with van der Waals surface area (Å²) in [5, 5.41) is 18.3. The van der Waals surface area contributed by atoms with E-state index >= 15 is 4.79 Å². The second kappa shape index (κ2) is 14.1. The number of halogens is 2. The van der Waals surface area contributed by atoms with Crippen LogP contribution >= 0.6 is 34.5 Å². The maximum absolute atomic E-state index is 15.2. The van der Waals surface area contributed by atoms with Crippen LogP contribution in [0, 0.1) is 36.0 Å². The number of hydrogen-bond donors (Lipinski definition) is 1. The van der Waals surface area contributed by atoms with Gasteiger partial charge in [-0.2, -0.15) is 5.10 Å². The third-order valence-electron chi connectivity index (χ3n) is 14.0. The van der Waals surface area contributed by atoms with E-state index in [1.165, 1.54) is 16.5 Å². The van der Waals surface area contributed by atoms with Crippen LogP contribution < -0.4 is 4.90 Å². The summed E-state index contributed by atoms with van der Waals surface area (Å²) in [6, 6.07) is 22.4. The van der Waals surface area contributed by atoms with Gasteiger partial charge in [-0.3, -0.25) is 33.7 Å². The number of rotatable bonds is 6. The molecule has 1 saturated carbocycles. The molecular formula is C46H43Cl2N5O5S. The Morgan fingerprint density at radius 1 is 0.898 bits per heavy atom. The van der Waals surface area contributed by atoms with E-state index in [0.29, 0.717) is 46.4 Å². The van der Waals surface area contributed by atoms with Crippen LogP contribution in [0.3, 0.4) is 0 Å². The molecule has 302 valence electrons. The van der Waals surface area contributed by atoms with E-state index in [9.17, 15) is 19.5 Å². The molecule has 3 saturated heterocycles. The maximum atomic E-state index is 15.2. The summed E-state index contributed by atoms with van der Waals surface area (Å²) in [7, 11) is 1.72. The van der Waals surface area contributed by atoms with Crippen LogP contribution in [0.2, 0.25) is 10.0 Å². The molecular weight excluding hydrogens is 806 g/mol. The monoisotopic (exact) mass is 847 g/mol. The quantitative estimate of drug-likeness (QED) is 0.135. The number of thiophene rings is 1. The van der Waals surface area contributed by atoms with Gasteiger partial charge in [-0.25, -0.2) is 4.90 Å². The number of benzene rings is 3. The molecule has 0 radical (unpaired) electrons. The number of aromatic hydroxyl groups is 1. The average molecular weight is 849 g/mol. The minimum atomic E-state index is -1.35. The molecule has 10 nitrogen and oxygen atoms in total. The number of amides is 4.